The van der Waals surface area contributed by atoms with Crippen LogP contribution < -0.4 is 0 Å². The second-order valence-electron chi connectivity index (χ2n) is 3.58. The molecular formula is C10H17NO2. The van der Waals surface area contributed by atoms with Crippen LogP contribution >= 0.6 is 0 Å². The standard InChI is InChI=1S/C10H17NO2/c1-3-9-5-4-6-11(9)7-8(2)10(12)13/h9H,2-7H2,1H3,(H,12,13). The zero-order valence-electron chi connectivity index (χ0n) is 8.12. The first-order chi connectivity index (χ1) is 6.15. The van der Waals surface area contributed by atoms with E-state index in [0.717, 1.165) is 13.0 Å². The summed E-state index contributed by atoms with van der Waals surface area (Å²) in [4.78, 5) is 12.8. The number of hydrogen-bond donors (Lipinski definition) is 1. The predicted molar refractivity (Wildman–Crippen MR) is 51.7 cm³/mol. The van der Waals surface area contributed by atoms with Gasteiger partial charge in [0.15, 0.2) is 0 Å². The average molecular weight is 183 g/mol. The van der Waals surface area contributed by atoms with Crippen molar-refractivity contribution < 1.29 is 9.90 Å². The largest absolute Gasteiger partial charge is 0.478 e. The number of aliphatic carboxylic acids is 1. The molecule has 3 nitrogen and oxygen atoms in total. The molecule has 1 atom stereocenters. The Kier molecular flexibility index (Phi) is 3.48. The molecule has 0 saturated carbocycles. The molecule has 0 aromatic heterocycles. The van der Waals surface area contributed by atoms with Crippen LogP contribution in [0.15, 0.2) is 12.2 Å². The van der Waals surface area contributed by atoms with Crippen LogP contribution in [-0.2, 0) is 4.79 Å². The third-order valence-electron chi connectivity index (χ3n) is 2.67. The number of hydrogen-bond acceptors (Lipinski definition) is 2. The maximum atomic E-state index is 10.6. The SMILES string of the molecule is C=C(CN1CCCC1CC)C(=O)O. The van der Waals surface area contributed by atoms with Crippen LogP contribution in [0.4, 0.5) is 0 Å². The Morgan fingerprint density at radius 3 is 2.92 bits per heavy atom. The summed E-state index contributed by atoms with van der Waals surface area (Å²) in [6.45, 7) is 7.23. The summed E-state index contributed by atoms with van der Waals surface area (Å²) in [5.74, 6) is -0.873. The van der Waals surface area contributed by atoms with Gasteiger partial charge in [-0.1, -0.05) is 13.5 Å². The first-order valence-electron chi connectivity index (χ1n) is 4.80. The summed E-state index contributed by atoms with van der Waals surface area (Å²) < 4.78 is 0. The molecule has 0 spiro atoms. The minimum absolute atomic E-state index is 0.306. The van der Waals surface area contributed by atoms with E-state index in [1.165, 1.54) is 12.8 Å². The Labute approximate surface area is 79.0 Å². The van der Waals surface area contributed by atoms with Crippen molar-refractivity contribution in [2.75, 3.05) is 13.1 Å². The number of rotatable bonds is 4. The fourth-order valence-electron chi connectivity index (χ4n) is 1.88. The van der Waals surface area contributed by atoms with Gasteiger partial charge in [0.25, 0.3) is 0 Å². The summed E-state index contributed by atoms with van der Waals surface area (Å²) in [6, 6.07) is 0.566. The van der Waals surface area contributed by atoms with Crippen LogP contribution in [-0.4, -0.2) is 35.1 Å². The van der Waals surface area contributed by atoms with Crippen molar-refractivity contribution in [2.45, 2.75) is 32.2 Å². The van der Waals surface area contributed by atoms with Crippen LogP contribution in [0, 0.1) is 0 Å². The van der Waals surface area contributed by atoms with Crippen LogP contribution in [0.1, 0.15) is 26.2 Å². The third kappa shape index (κ3) is 2.56. The molecule has 0 aliphatic carbocycles. The number of likely N-dealkylation sites (tertiary alicyclic amines) is 1. The van der Waals surface area contributed by atoms with E-state index in [4.69, 9.17) is 5.11 Å². The van der Waals surface area contributed by atoms with Crippen molar-refractivity contribution in [1.82, 2.24) is 4.90 Å². The lowest BCUT2D eigenvalue weighted by atomic mass is 10.1. The molecule has 3 heteroatoms. The molecule has 1 rings (SSSR count). The number of carbonyl (C=O) groups is 1. The predicted octanol–water partition coefficient (Wildman–Crippen LogP) is 1.50. The fourth-order valence-corrected chi connectivity index (χ4v) is 1.88. The van der Waals surface area contributed by atoms with E-state index >= 15 is 0 Å². The van der Waals surface area contributed by atoms with Crippen LogP contribution in [0.5, 0.6) is 0 Å². The molecule has 13 heavy (non-hydrogen) atoms. The summed E-state index contributed by atoms with van der Waals surface area (Å²) in [7, 11) is 0. The van der Waals surface area contributed by atoms with E-state index in [9.17, 15) is 4.79 Å². The molecule has 1 heterocycles. The van der Waals surface area contributed by atoms with Crippen molar-refractivity contribution >= 4 is 5.97 Å². The minimum Gasteiger partial charge on any atom is -0.478 e. The fraction of sp³-hybridized carbons (Fsp3) is 0.700. The lowest BCUT2D eigenvalue weighted by Gasteiger charge is -2.22. The molecular weight excluding hydrogens is 166 g/mol. The topological polar surface area (TPSA) is 40.5 Å². The molecule has 74 valence electrons. The smallest absolute Gasteiger partial charge is 0.332 e. The highest BCUT2D eigenvalue weighted by Crippen LogP contribution is 2.20. The minimum atomic E-state index is -0.873. The Hall–Kier alpha value is -0.830. The summed E-state index contributed by atoms with van der Waals surface area (Å²) >= 11 is 0. The van der Waals surface area contributed by atoms with E-state index in [1.807, 2.05) is 0 Å². The lowest BCUT2D eigenvalue weighted by Crippen LogP contribution is -2.32. The molecule has 1 unspecified atom stereocenters. The molecule has 1 aliphatic heterocycles. The second kappa shape index (κ2) is 4.42. The Morgan fingerprint density at radius 2 is 2.38 bits per heavy atom. The van der Waals surface area contributed by atoms with Crippen LogP contribution in [0.2, 0.25) is 0 Å². The van der Waals surface area contributed by atoms with Gasteiger partial charge in [0.05, 0.1) is 0 Å². The average Bonchev–Trinajstić information content (AvgIpc) is 2.51. The quantitative estimate of drug-likeness (QED) is 0.671. The van der Waals surface area contributed by atoms with Gasteiger partial charge < -0.3 is 5.11 Å². The highest BCUT2D eigenvalue weighted by Gasteiger charge is 2.23. The Bertz CT molecular complexity index is 213. The van der Waals surface area contributed by atoms with E-state index in [0.29, 0.717) is 18.2 Å². The highest BCUT2D eigenvalue weighted by molar-refractivity contribution is 5.86. The van der Waals surface area contributed by atoms with Crippen LogP contribution in [0.3, 0.4) is 0 Å². The van der Waals surface area contributed by atoms with Gasteiger partial charge in [0.2, 0.25) is 0 Å². The number of nitrogens with zero attached hydrogens (tertiary/aromatic N) is 1. The van der Waals surface area contributed by atoms with Crippen molar-refractivity contribution in [2.24, 2.45) is 0 Å². The normalized spacial score (nSPS) is 23.3. The number of carboxylic acids is 1. The van der Waals surface area contributed by atoms with Crippen molar-refractivity contribution in [3.05, 3.63) is 12.2 Å². The van der Waals surface area contributed by atoms with Crippen LogP contribution in [0.25, 0.3) is 0 Å². The maximum absolute atomic E-state index is 10.6. The summed E-state index contributed by atoms with van der Waals surface area (Å²) in [5.41, 5.74) is 0.306. The van der Waals surface area contributed by atoms with Gasteiger partial charge in [-0.3, -0.25) is 4.90 Å². The van der Waals surface area contributed by atoms with Gasteiger partial charge in [0, 0.05) is 18.2 Å². The zero-order valence-corrected chi connectivity index (χ0v) is 8.12. The molecule has 1 aliphatic rings. The molecule has 1 saturated heterocycles. The van der Waals surface area contributed by atoms with Gasteiger partial charge in [-0.2, -0.15) is 0 Å². The van der Waals surface area contributed by atoms with Crippen molar-refractivity contribution in [3.63, 3.8) is 0 Å². The van der Waals surface area contributed by atoms with E-state index in [-0.39, 0.29) is 0 Å². The molecule has 0 bridgehead atoms. The molecule has 1 N–H and O–H groups in total. The van der Waals surface area contributed by atoms with E-state index in [2.05, 4.69) is 18.4 Å². The van der Waals surface area contributed by atoms with Gasteiger partial charge in [-0.15, -0.1) is 0 Å². The molecule has 0 amide bonds. The monoisotopic (exact) mass is 183 g/mol. The van der Waals surface area contributed by atoms with Gasteiger partial charge in [0.1, 0.15) is 0 Å². The second-order valence-corrected chi connectivity index (χ2v) is 3.58. The molecule has 0 aromatic carbocycles. The first-order valence-corrected chi connectivity index (χ1v) is 4.80. The Balaban J connectivity index is 2.44. The first kappa shape index (κ1) is 10.3. The lowest BCUT2D eigenvalue weighted by molar-refractivity contribution is -0.132. The molecule has 0 radical (unpaired) electrons. The molecule has 0 aromatic rings. The Morgan fingerprint density at radius 1 is 1.69 bits per heavy atom. The van der Waals surface area contributed by atoms with Gasteiger partial charge in [-0.25, -0.2) is 4.79 Å². The van der Waals surface area contributed by atoms with Gasteiger partial charge >= 0.3 is 5.97 Å². The number of carboxylic acid groups (broad SMARTS) is 1. The zero-order chi connectivity index (χ0) is 9.84. The van der Waals surface area contributed by atoms with Crippen molar-refractivity contribution in [1.29, 1.82) is 0 Å². The van der Waals surface area contributed by atoms with E-state index < -0.39 is 5.97 Å². The third-order valence-corrected chi connectivity index (χ3v) is 2.67. The summed E-state index contributed by atoms with van der Waals surface area (Å²) in [6.07, 6.45) is 3.49. The highest BCUT2D eigenvalue weighted by atomic mass is 16.4. The van der Waals surface area contributed by atoms with E-state index in [1.54, 1.807) is 0 Å². The van der Waals surface area contributed by atoms with Crippen molar-refractivity contribution in [3.8, 4) is 0 Å². The molecule has 1 fully saturated rings. The summed E-state index contributed by atoms with van der Waals surface area (Å²) in [5, 5.41) is 8.68. The van der Waals surface area contributed by atoms with Gasteiger partial charge in [-0.05, 0) is 25.8 Å². The maximum Gasteiger partial charge on any atom is 0.332 e.